The van der Waals surface area contributed by atoms with Crippen molar-refractivity contribution in [1.82, 2.24) is 14.5 Å². The number of nitrogens with zero attached hydrogens (tertiary/aromatic N) is 2. The smallest absolute Gasteiger partial charge is 0.408 e. The lowest BCUT2D eigenvalue weighted by Crippen LogP contribution is -2.51. The van der Waals surface area contributed by atoms with E-state index in [1.807, 2.05) is 55.4 Å². The van der Waals surface area contributed by atoms with Gasteiger partial charge in [-0.25, -0.2) is 9.59 Å². The number of alkyl carbamates (subject to hydrolysis) is 1. The van der Waals surface area contributed by atoms with Crippen LogP contribution in [0, 0.1) is 0 Å². The number of rotatable bonds is 16. The first-order valence-electron chi connectivity index (χ1n) is 13.7. The molecule has 2 amide bonds. The van der Waals surface area contributed by atoms with Crippen LogP contribution in [0.15, 0.2) is 64.7 Å². The first kappa shape index (κ1) is 35.5. The molecule has 10 nitrogen and oxygen atoms in total. The second kappa shape index (κ2) is 17.5. The number of carbonyl (C=O) groups excluding carboxylic acids is 3. The van der Waals surface area contributed by atoms with Gasteiger partial charge in [0.2, 0.25) is 0 Å². The van der Waals surface area contributed by atoms with Crippen molar-refractivity contribution in [3.8, 4) is 0 Å². The maximum atomic E-state index is 14.4. The largest absolute Gasteiger partial charge is 0.480 e. The SMILES string of the molecule is CSC1=C(SC)N(C(=O)[C@H](Cc2ccccc2N[C@@H](CCC(C)=O)C(=O)O)NC(=O)OCc2ccccc2)C(SC)N1SC. The minimum absolute atomic E-state index is 0.0339. The molecule has 44 heavy (non-hydrogen) atoms. The van der Waals surface area contributed by atoms with Crippen LogP contribution < -0.4 is 10.6 Å². The fraction of sp³-hybridized carbons (Fsp3) is 0.400. The molecule has 1 aliphatic rings. The summed E-state index contributed by atoms with van der Waals surface area (Å²) in [5.41, 5.74) is 1.59. The predicted molar refractivity (Wildman–Crippen MR) is 182 cm³/mol. The minimum atomic E-state index is -1.09. The number of carbonyl (C=O) groups is 4. The van der Waals surface area contributed by atoms with E-state index in [0.29, 0.717) is 11.3 Å². The average molecular weight is 679 g/mol. The van der Waals surface area contributed by atoms with Gasteiger partial charge in [-0.05, 0) is 49.3 Å². The number of hydrogen-bond acceptors (Lipinski definition) is 11. The van der Waals surface area contributed by atoms with Gasteiger partial charge in [-0.3, -0.25) is 14.0 Å². The third-order valence-corrected chi connectivity index (χ3v) is 10.3. The van der Waals surface area contributed by atoms with E-state index < -0.39 is 24.1 Å². The van der Waals surface area contributed by atoms with Crippen LogP contribution in [0.4, 0.5) is 10.5 Å². The molecule has 1 unspecified atom stereocenters. The van der Waals surface area contributed by atoms with Crippen molar-refractivity contribution in [2.24, 2.45) is 0 Å². The van der Waals surface area contributed by atoms with Gasteiger partial charge in [0.05, 0.1) is 0 Å². The fourth-order valence-electron chi connectivity index (χ4n) is 4.58. The number of nitrogens with one attached hydrogen (secondary N) is 2. The molecule has 2 aromatic rings. The quantitative estimate of drug-likeness (QED) is 0.189. The van der Waals surface area contributed by atoms with E-state index in [9.17, 15) is 24.3 Å². The third-order valence-electron chi connectivity index (χ3n) is 6.71. The summed E-state index contributed by atoms with van der Waals surface area (Å²) >= 11 is 6.03. The summed E-state index contributed by atoms with van der Waals surface area (Å²) in [7, 11) is 0. The van der Waals surface area contributed by atoms with E-state index >= 15 is 0 Å². The number of carboxylic acid groups (broad SMARTS) is 1. The summed E-state index contributed by atoms with van der Waals surface area (Å²) < 4.78 is 7.57. The Kier molecular flexibility index (Phi) is 14.2. The number of thioether (sulfide) groups is 3. The van der Waals surface area contributed by atoms with Gasteiger partial charge in [0, 0.05) is 24.8 Å². The Morgan fingerprint density at radius 2 is 1.59 bits per heavy atom. The van der Waals surface area contributed by atoms with Gasteiger partial charge in [-0.15, -0.1) is 35.3 Å². The van der Waals surface area contributed by atoms with Gasteiger partial charge in [-0.1, -0.05) is 60.5 Å². The normalized spacial score (nSPS) is 16.0. The Morgan fingerprint density at radius 3 is 2.18 bits per heavy atom. The first-order chi connectivity index (χ1) is 21.1. The standard InChI is InChI=1S/C30H38N4O6S4/c1-19(35)15-16-23(28(37)38)31-22-14-10-9-13-21(22)17-24(32-29(39)40-18-20-11-7-6-8-12-20)25(36)33-26(41-2)27(42-3)34(44-5)30(33)43-4/h6-14,23-24,30-31H,15-18H2,1-5H3,(H,32,39)(H,37,38)/t23-,24-,30?/m0/s1. The first-order valence-corrected chi connectivity index (χ1v) is 18.6. The van der Waals surface area contributed by atoms with Gasteiger partial charge in [0.1, 0.15) is 34.5 Å². The molecule has 14 heteroatoms. The van der Waals surface area contributed by atoms with E-state index in [2.05, 4.69) is 14.9 Å². The number of hydrogen-bond donors (Lipinski definition) is 3. The summed E-state index contributed by atoms with van der Waals surface area (Å²) in [5.74, 6) is -1.52. The molecule has 0 radical (unpaired) electrons. The fourth-order valence-corrected chi connectivity index (χ4v) is 8.69. The van der Waals surface area contributed by atoms with Crippen LogP contribution >= 0.6 is 47.2 Å². The van der Waals surface area contributed by atoms with Crippen molar-refractivity contribution in [2.75, 3.05) is 30.3 Å². The zero-order valence-corrected chi connectivity index (χ0v) is 28.5. The Bertz CT molecular complexity index is 1350. The van der Waals surface area contributed by atoms with Gasteiger partial charge in [0.15, 0.2) is 5.50 Å². The molecule has 0 aliphatic carbocycles. The summed E-state index contributed by atoms with van der Waals surface area (Å²) in [6, 6.07) is 14.3. The molecule has 0 spiro atoms. The highest BCUT2D eigenvalue weighted by Crippen LogP contribution is 2.46. The summed E-state index contributed by atoms with van der Waals surface area (Å²) in [4.78, 5) is 52.8. The lowest BCUT2D eigenvalue weighted by Gasteiger charge is -2.32. The van der Waals surface area contributed by atoms with E-state index in [1.165, 1.54) is 42.4 Å². The van der Waals surface area contributed by atoms with Crippen molar-refractivity contribution in [3.05, 3.63) is 75.8 Å². The zero-order chi connectivity index (χ0) is 32.2. The van der Waals surface area contributed by atoms with E-state index in [0.717, 1.165) is 15.6 Å². The number of carboxylic acids is 1. The molecule has 3 atom stereocenters. The van der Waals surface area contributed by atoms with Crippen LogP contribution in [0.5, 0.6) is 0 Å². The van der Waals surface area contributed by atoms with Crippen molar-refractivity contribution >= 4 is 76.7 Å². The molecular weight excluding hydrogens is 641 g/mol. The Hall–Kier alpha value is -2.94. The van der Waals surface area contributed by atoms with Crippen LogP contribution in [0.1, 0.15) is 30.9 Å². The van der Waals surface area contributed by atoms with Gasteiger partial charge in [0.25, 0.3) is 5.91 Å². The van der Waals surface area contributed by atoms with Crippen molar-refractivity contribution in [3.63, 3.8) is 0 Å². The summed E-state index contributed by atoms with van der Waals surface area (Å²) in [5, 5.41) is 17.4. The Balaban J connectivity index is 1.95. The molecule has 1 aliphatic heterocycles. The highest BCUT2D eigenvalue weighted by atomic mass is 32.2. The lowest BCUT2D eigenvalue weighted by atomic mass is 10.0. The number of para-hydroxylation sites is 1. The topological polar surface area (TPSA) is 128 Å². The lowest BCUT2D eigenvalue weighted by molar-refractivity contribution is -0.138. The molecule has 0 aromatic heterocycles. The van der Waals surface area contributed by atoms with Crippen LogP contribution in [0.25, 0.3) is 0 Å². The number of anilines is 1. The maximum Gasteiger partial charge on any atom is 0.408 e. The molecule has 238 valence electrons. The van der Waals surface area contributed by atoms with Crippen LogP contribution in [0.3, 0.4) is 0 Å². The number of benzene rings is 2. The van der Waals surface area contributed by atoms with Gasteiger partial charge < -0.3 is 25.3 Å². The summed E-state index contributed by atoms with van der Waals surface area (Å²) in [6.07, 6.45) is 7.30. The van der Waals surface area contributed by atoms with Gasteiger partial charge in [-0.2, -0.15) is 0 Å². The summed E-state index contributed by atoms with van der Waals surface area (Å²) in [6.45, 7) is 1.45. The van der Waals surface area contributed by atoms with Gasteiger partial charge >= 0.3 is 12.1 Å². The molecule has 3 rings (SSSR count). The molecule has 0 bridgehead atoms. The number of ketones is 1. The van der Waals surface area contributed by atoms with E-state index in [1.54, 1.807) is 40.9 Å². The second-order valence-corrected chi connectivity index (χ2v) is 12.9. The molecule has 0 saturated heterocycles. The Labute approximate surface area is 275 Å². The zero-order valence-electron chi connectivity index (χ0n) is 25.3. The molecule has 0 saturated carbocycles. The van der Waals surface area contributed by atoms with Crippen LogP contribution in [-0.4, -0.2) is 80.7 Å². The van der Waals surface area contributed by atoms with Crippen molar-refractivity contribution < 1.29 is 29.0 Å². The van der Waals surface area contributed by atoms with E-state index in [4.69, 9.17) is 4.74 Å². The predicted octanol–water partition coefficient (Wildman–Crippen LogP) is 5.68. The van der Waals surface area contributed by atoms with Crippen molar-refractivity contribution in [2.45, 2.75) is 50.4 Å². The second-order valence-electron chi connectivity index (χ2n) is 9.69. The Morgan fingerprint density at radius 1 is 0.932 bits per heavy atom. The minimum Gasteiger partial charge on any atom is -0.480 e. The monoisotopic (exact) mass is 678 g/mol. The van der Waals surface area contributed by atoms with Crippen molar-refractivity contribution in [1.29, 1.82) is 0 Å². The van der Waals surface area contributed by atoms with E-state index in [-0.39, 0.29) is 43.1 Å². The maximum absolute atomic E-state index is 14.4. The van der Waals surface area contributed by atoms with Crippen LogP contribution in [-0.2, 0) is 32.1 Å². The number of amides is 2. The highest BCUT2D eigenvalue weighted by molar-refractivity contribution is 8.07. The molecular formula is C30H38N4O6S4. The highest BCUT2D eigenvalue weighted by Gasteiger charge is 2.43. The number of aliphatic carboxylic acids is 1. The average Bonchev–Trinajstić information content (AvgIpc) is 3.34. The third kappa shape index (κ3) is 9.29. The molecule has 1 heterocycles. The molecule has 2 aromatic carbocycles. The molecule has 0 fully saturated rings. The van der Waals surface area contributed by atoms with Crippen LogP contribution in [0.2, 0.25) is 0 Å². The molecule has 3 N–H and O–H groups in total. The number of Topliss-reactive ketones (excluding diaryl/α,β-unsaturated/α-hetero) is 1. The number of ether oxygens (including phenoxy) is 1.